The van der Waals surface area contributed by atoms with Crippen molar-refractivity contribution < 1.29 is 29.0 Å². The summed E-state index contributed by atoms with van der Waals surface area (Å²) in [6, 6.07) is 14.9. The molecule has 182 valence electrons. The molecule has 2 aromatic carbocycles. The zero-order chi connectivity index (χ0) is 24.8. The molecule has 1 atom stereocenters. The van der Waals surface area contributed by atoms with Crippen LogP contribution in [0.3, 0.4) is 0 Å². The molecule has 2 amide bonds. The number of hydrogen-bond acceptors (Lipinski definition) is 5. The number of fused-ring (bicyclic) bond motifs is 3. The van der Waals surface area contributed by atoms with Crippen molar-refractivity contribution in [2.45, 2.75) is 31.2 Å². The summed E-state index contributed by atoms with van der Waals surface area (Å²) >= 11 is 0. The van der Waals surface area contributed by atoms with E-state index in [0.717, 1.165) is 22.3 Å². The van der Waals surface area contributed by atoms with Gasteiger partial charge in [0.05, 0.1) is 5.41 Å². The van der Waals surface area contributed by atoms with Crippen LogP contribution in [0.1, 0.15) is 36.3 Å². The number of benzene rings is 2. The first-order valence-electron chi connectivity index (χ1n) is 11.6. The van der Waals surface area contributed by atoms with Gasteiger partial charge in [-0.25, -0.2) is 9.59 Å². The minimum atomic E-state index is -1.21. The Morgan fingerprint density at radius 2 is 1.69 bits per heavy atom. The zero-order valence-corrected chi connectivity index (χ0v) is 19.3. The summed E-state index contributed by atoms with van der Waals surface area (Å²) in [4.78, 5) is 37.2. The lowest BCUT2D eigenvalue weighted by Crippen LogP contribution is -2.54. The molecule has 0 spiro atoms. The van der Waals surface area contributed by atoms with E-state index in [9.17, 15) is 19.5 Å². The van der Waals surface area contributed by atoms with Crippen LogP contribution in [0.2, 0.25) is 0 Å². The molecule has 8 heteroatoms. The van der Waals surface area contributed by atoms with Gasteiger partial charge in [0.1, 0.15) is 12.6 Å². The molecular weight excluding hydrogens is 448 g/mol. The smallest absolute Gasteiger partial charge is 0.407 e. The Hall–Kier alpha value is -3.83. The number of terminal acetylenes is 1. The van der Waals surface area contributed by atoms with E-state index in [1.165, 1.54) is 0 Å². The Labute approximate surface area is 204 Å². The lowest BCUT2D eigenvalue weighted by atomic mass is 9.79. The summed E-state index contributed by atoms with van der Waals surface area (Å²) in [6.07, 6.45) is 5.15. The van der Waals surface area contributed by atoms with Gasteiger partial charge in [0.25, 0.3) is 0 Å². The topological polar surface area (TPSA) is 114 Å². The maximum Gasteiger partial charge on any atom is 0.407 e. The second-order valence-corrected chi connectivity index (χ2v) is 8.84. The summed E-state index contributed by atoms with van der Waals surface area (Å²) < 4.78 is 11.0. The molecule has 1 saturated heterocycles. The summed E-state index contributed by atoms with van der Waals surface area (Å²) in [5, 5.41) is 14.6. The van der Waals surface area contributed by atoms with Crippen molar-refractivity contribution in [1.29, 1.82) is 0 Å². The van der Waals surface area contributed by atoms with E-state index >= 15 is 0 Å². The molecule has 0 aromatic heterocycles. The molecule has 0 radical (unpaired) electrons. The van der Waals surface area contributed by atoms with Gasteiger partial charge in [0, 0.05) is 32.1 Å². The number of ether oxygens (including phenoxy) is 2. The fourth-order valence-corrected chi connectivity index (χ4v) is 4.77. The van der Waals surface area contributed by atoms with Gasteiger partial charge in [-0.15, -0.1) is 12.3 Å². The Bertz CT molecular complexity index is 1100. The van der Waals surface area contributed by atoms with Crippen molar-refractivity contribution in [3.63, 3.8) is 0 Å². The molecule has 1 heterocycles. The molecule has 0 bridgehead atoms. The molecule has 2 aromatic rings. The van der Waals surface area contributed by atoms with Crippen LogP contribution in [0.5, 0.6) is 0 Å². The van der Waals surface area contributed by atoms with Crippen LogP contribution in [0.15, 0.2) is 48.5 Å². The van der Waals surface area contributed by atoms with Crippen LogP contribution in [-0.4, -0.2) is 55.5 Å². The fourth-order valence-electron chi connectivity index (χ4n) is 4.77. The maximum atomic E-state index is 13.1. The maximum absolute atomic E-state index is 13.1. The fraction of sp³-hybridized carbons (Fsp3) is 0.370. The third-order valence-electron chi connectivity index (χ3n) is 6.77. The average Bonchev–Trinajstić information content (AvgIpc) is 3.20. The van der Waals surface area contributed by atoms with E-state index in [1.807, 2.05) is 36.4 Å². The van der Waals surface area contributed by atoms with Gasteiger partial charge in [-0.05, 0) is 35.1 Å². The molecule has 1 unspecified atom stereocenters. The Morgan fingerprint density at radius 3 is 2.26 bits per heavy atom. The molecule has 8 nitrogen and oxygen atoms in total. The molecule has 1 aliphatic carbocycles. The number of aliphatic carboxylic acids is 1. The van der Waals surface area contributed by atoms with Crippen molar-refractivity contribution in [3.05, 3.63) is 59.7 Å². The minimum Gasteiger partial charge on any atom is -0.480 e. The van der Waals surface area contributed by atoms with Crippen molar-refractivity contribution in [3.8, 4) is 23.5 Å². The van der Waals surface area contributed by atoms with E-state index in [4.69, 9.17) is 15.9 Å². The summed E-state index contributed by atoms with van der Waals surface area (Å²) in [5.74, 6) is 0.517. The molecule has 1 aliphatic heterocycles. The monoisotopic (exact) mass is 476 g/mol. The highest BCUT2D eigenvalue weighted by Gasteiger charge is 2.42. The first-order valence-corrected chi connectivity index (χ1v) is 11.6. The number of amides is 2. The van der Waals surface area contributed by atoms with Gasteiger partial charge in [-0.1, -0.05) is 48.5 Å². The van der Waals surface area contributed by atoms with Crippen molar-refractivity contribution in [2.75, 3.05) is 26.4 Å². The predicted octanol–water partition coefficient (Wildman–Crippen LogP) is 2.91. The summed E-state index contributed by atoms with van der Waals surface area (Å²) in [6.45, 7) is 0.812. The molecule has 3 N–H and O–H groups in total. The van der Waals surface area contributed by atoms with Gasteiger partial charge in [0.2, 0.25) is 5.91 Å². The largest absolute Gasteiger partial charge is 0.480 e. The van der Waals surface area contributed by atoms with Gasteiger partial charge < -0.3 is 25.2 Å². The van der Waals surface area contributed by atoms with Crippen molar-refractivity contribution in [2.24, 2.45) is 5.41 Å². The van der Waals surface area contributed by atoms with Gasteiger partial charge in [-0.2, -0.15) is 0 Å². The van der Waals surface area contributed by atoms with Crippen LogP contribution in [0, 0.1) is 17.8 Å². The molecule has 1 fully saturated rings. The van der Waals surface area contributed by atoms with E-state index in [1.54, 1.807) is 0 Å². The van der Waals surface area contributed by atoms with E-state index in [2.05, 4.69) is 28.7 Å². The molecule has 0 saturated carbocycles. The third-order valence-corrected chi connectivity index (χ3v) is 6.77. The lowest BCUT2D eigenvalue weighted by Gasteiger charge is -2.36. The Kier molecular flexibility index (Phi) is 7.37. The highest BCUT2D eigenvalue weighted by molar-refractivity contribution is 5.88. The number of rotatable bonds is 8. The highest BCUT2D eigenvalue weighted by Crippen LogP contribution is 2.44. The van der Waals surface area contributed by atoms with Crippen molar-refractivity contribution >= 4 is 18.0 Å². The van der Waals surface area contributed by atoms with Crippen LogP contribution >= 0.6 is 0 Å². The molecule has 35 heavy (non-hydrogen) atoms. The summed E-state index contributed by atoms with van der Waals surface area (Å²) in [5.41, 5.74) is 3.47. The number of carbonyl (C=O) groups excluding carboxylic acids is 2. The average molecular weight is 477 g/mol. The Morgan fingerprint density at radius 1 is 1.09 bits per heavy atom. The number of alkyl carbamates (subject to hydrolysis) is 1. The number of carbonyl (C=O) groups is 3. The van der Waals surface area contributed by atoms with Gasteiger partial charge >= 0.3 is 12.1 Å². The SMILES string of the molecule is C#CCC(NC(=O)C1(CNC(=O)OCC2c3ccccc3-c3ccccc32)CCOCC1)C(=O)O. The molecule has 4 rings (SSSR count). The van der Waals surface area contributed by atoms with E-state index in [-0.39, 0.29) is 25.5 Å². The van der Waals surface area contributed by atoms with Gasteiger partial charge in [0.15, 0.2) is 0 Å². The third kappa shape index (κ3) is 5.15. The quantitative estimate of drug-likeness (QED) is 0.505. The Balaban J connectivity index is 1.40. The number of hydrogen-bond donors (Lipinski definition) is 3. The number of carboxylic acid groups (broad SMARTS) is 1. The molecule has 2 aliphatic rings. The second kappa shape index (κ2) is 10.6. The standard InChI is InChI=1S/C27H28N2O6/c1-2-7-23(24(30)31)29-25(32)27(12-14-34-15-13-27)17-28-26(33)35-16-22-20-10-5-3-8-18(20)19-9-4-6-11-21(19)22/h1,3-6,8-11,22-23H,7,12-17H2,(H,28,33)(H,29,32)(H,30,31). The van der Waals surface area contributed by atoms with Crippen LogP contribution in [-0.2, 0) is 19.1 Å². The lowest BCUT2D eigenvalue weighted by molar-refractivity contribution is -0.145. The van der Waals surface area contributed by atoms with E-state index in [0.29, 0.717) is 26.1 Å². The van der Waals surface area contributed by atoms with E-state index < -0.39 is 29.4 Å². The first kappa shape index (κ1) is 24.3. The van der Waals surface area contributed by atoms with Crippen molar-refractivity contribution in [1.82, 2.24) is 10.6 Å². The number of carboxylic acids is 1. The summed E-state index contributed by atoms with van der Waals surface area (Å²) in [7, 11) is 0. The predicted molar refractivity (Wildman–Crippen MR) is 129 cm³/mol. The first-order chi connectivity index (χ1) is 16.9. The van der Waals surface area contributed by atoms with Crippen LogP contribution in [0.4, 0.5) is 4.79 Å². The minimum absolute atomic E-state index is 0.00125. The second-order valence-electron chi connectivity index (χ2n) is 8.84. The normalized spacial score (nSPS) is 16.8. The highest BCUT2D eigenvalue weighted by atomic mass is 16.5. The molecular formula is C27H28N2O6. The van der Waals surface area contributed by atoms with Crippen LogP contribution in [0.25, 0.3) is 11.1 Å². The zero-order valence-electron chi connectivity index (χ0n) is 19.3. The van der Waals surface area contributed by atoms with Crippen LogP contribution < -0.4 is 10.6 Å². The van der Waals surface area contributed by atoms with Gasteiger partial charge in [-0.3, -0.25) is 4.79 Å². The number of nitrogens with one attached hydrogen (secondary N) is 2.